The maximum Gasteiger partial charge on any atom is 0.387 e. The standard InChI is InChI=1S/C22H32F2N4O3/c1-3-25-22(26-13-15-7-10-18(30-2)12-19(15)31-21(23)24)28-17-6-4-5-14(11-17)20(29)27-16-8-9-16/h7,10,12,14,16-17,21H,3-6,8-9,11,13H2,1-2H3,(H,27,29)(H2,25,26,28). The summed E-state index contributed by atoms with van der Waals surface area (Å²) >= 11 is 0. The topological polar surface area (TPSA) is 84.0 Å². The number of guanidine groups is 1. The highest BCUT2D eigenvalue weighted by molar-refractivity contribution is 5.81. The molecule has 3 N–H and O–H groups in total. The molecule has 2 fully saturated rings. The van der Waals surface area contributed by atoms with Crippen molar-refractivity contribution in [3.05, 3.63) is 23.8 Å². The fourth-order valence-corrected chi connectivity index (χ4v) is 3.78. The minimum Gasteiger partial charge on any atom is -0.497 e. The molecule has 1 aromatic carbocycles. The van der Waals surface area contributed by atoms with Gasteiger partial charge in [0.1, 0.15) is 11.5 Å². The van der Waals surface area contributed by atoms with Crippen molar-refractivity contribution in [1.82, 2.24) is 16.0 Å². The number of rotatable bonds is 9. The van der Waals surface area contributed by atoms with Gasteiger partial charge >= 0.3 is 6.61 Å². The number of hydrogen-bond donors (Lipinski definition) is 3. The molecule has 0 heterocycles. The van der Waals surface area contributed by atoms with Gasteiger partial charge in [-0.3, -0.25) is 4.79 Å². The van der Waals surface area contributed by atoms with Crippen LogP contribution in [0.2, 0.25) is 0 Å². The molecule has 172 valence electrons. The third-order valence-corrected chi connectivity index (χ3v) is 5.55. The van der Waals surface area contributed by atoms with Crippen molar-refractivity contribution in [3.63, 3.8) is 0 Å². The highest BCUT2D eigenvalue weighted by Crippen LogP contribution is 2.28. The van der Waals surface area contributed by atoms with Crippen LogP contribution in [0.1, 0.15) is 51.0 Å². The van der Waals surface area contributed by atoms with E-state index in [1.165, 1.54) is 13.2 Å². The van der Waals surface area contributed by atoms with Crippen LogP contribution in [0.4, 0.5) is 8.78 Å². The van der Waals surface area contributed by atoms with E-state index < -0.39 is 6.61 Å². The number of carbonyl (C=O) groups is 1. The first-order valence-corrected chi connectivity index (χ1v) is 11.0. The molecule has 2 atom stereocenters. The van der Waals surface area contributed by atoms with Crippen LogP contribution in [-0.4, -0.2) is 44.2 Å². The molecule has 2 aliphatic rings. The lowest BCUT2D eigenvalue weighted by Crippen LogP contribution is -2.47. The molecule has 0 spiro atoms. The second-order valence-corrected chi connectivity index (χ2v) is 8.03. The summed E-state index contributed by atoms with van der Waals surface area (Å²) in [5.41, 5.74) is 0.531. The zero-order chi connectivity index (χ0) is 22.2. The van der Waals surface area contributed by atoms with Gasteiger partial charge in [0, 0.05) is 36.2 Å². The smallest absolute Gasteiger partial charge is 0.387 e. The fraction of sp³-hybridized carbons (Fsp3) is 0.636. The lowest BCUT2D eigenvalue weighted by molar-refractivity contribution is -0.126. The van der Waals surface area contributed by atoms with Gasteiger partial charge in [-0.25, -0.2) is 4.99 Å². The van der Waals surface area contributed by atoms with E-state index in [0.717, 1.165) is 38.5 Å². The van der Waals surface area contributed by atoms with E-state index in [2.05, 4.69) is 25.7 Å². The first kappa shape index (κ1) is 23.1. The van der Waals surface area contributed by atoms with E-state index in [-0.39, 0.29) is 30.2 Å². The van der Waals surface area contributed by atoms with Crippen molar-refractivity contribution < 1.29 is 23.0 Å². The van der Waals surface area contributed by atoms with Gasteiger partial charge in [-0.05, 0) is 51.2 Å². The third kappa shape index (κ3) is 7.25. The summed E-state index contributed by atoms with van der Waals surface area (Å²) in [4.78, 5) is 17.0. The summed E-state index contributed by atoms with van der Waals surface area (Å²) in [7, 11) is 1.47. The summed E-state index contributed by atoms with van der Waals surface area (Å²) in [6, 6.07) is 5.29. The van der Waals surface area contributed by atoms with Crippen LogP contribution in [0.15, 0.2) is 23.2 Å². The molecular formula is C22H32F2N4O3. The van der Waals surface area contributed by atoms with Gasteiger partial charge in [-0.15, -0.1) is 0 Å². The normalized spacial score (nSPS) is 21.5. The van der Waals surface area contributed by atoms with Crippen molar-refractivity contribution >= 4 is 11.9 Å². The highest BCUT2D eigenvalue weighted by atomic mass is 19.3. The number of alkyl halides is 2. The molecule has 2 unspecified atom stereocenters. The predicted molar refractivity (Wildman–Crippen MR) is 114 cm³/mol. The molecule has 0 saturated heterocycles. The Kier molecular flexibility index (Phi) is 8.31. The molecule has 0 aromatic heterocycles. The molecule has 0 bridgehead atoms. The van der Waals surface area contributed by atoms with Gasteiger partial charge in [0.05, 0.1) is 13.7 Å². The summed E-state index contributed by atoms with van der Waals surface area (Å²) in [5, 5.41) is 9.71. The maximum absolute atomic E-state index is 12.8. The van der Waals surface area contributed by atoms with Crippen LogP contribution in [0.25, 0.3) is 0 Å². The average Bonchev–Trinajstić information content (AvgIpc) is 3.56. The molecule has 0 radical (unpaired) electrons. The van der Waals surface area contributed by atoms with E-state index in [0.29, 0.717) is 29.9 Å². The number of ether oxygens (including phenoxy) is 2. The van der Waals surface area contributed by atoms with Gasteiger partial charge in [0.25, 0.3) is 0 Å². The quantitative estimate of drug-likeness (QED) is 0.407. The van der Waals surface area contributed by atoms with Gasteiger partial charge in [-0.2, -0.15) is 8.78 Å². The minimum atomic E-state index is -2.93. The number of amides is 1. The molecular weight excluding hydrogens is 406 g/mol. The summed E-state index contributed by atoms with van der Waals surface area (Å²) in [6.45, 7) is -0.141. The van der Waals surface area contributed by atoms with E-state index in [4.69, 9.17) is 4.74 Å². The van der Waals surface area contributed by atoms with Crippen molar-refractivity contribution in [2.45, 2.75) is 70.7 Å². The number of benzene rings is 1. The number of aliphatic imine (C=N–C) groups is 1. The van der Waals surface area contributed by atoms with Crippen LogP contribution in [0.3, 0.4) is 0 Å². The first-order valence-electron chi connectivity index (χ1n) is 11.0. The van der Waals surface area contributed by atoms with E-state index in [1.807, 2.05) is 6.92 Å². The van der Waals surface area contributed by atoms with Gasteiger partial charge in [-0.1, -0.05) is 6.42 Å². The SMILES string of the molecule is CCNC(=NCc1ccc(OC)cc1OC(F)F)NC1CCCC(C(=O)NC2CC2)C1. The van der Waals surface area contributed by atoms with E-state index >= 15 is 0 Å². The number of hydrogen-bond acceptors (Lipinski definition) is 4. The second-order valence-electron chi connectivity index (χ2n) is 8.03. The summed E-state index contributed by atoms with van der Waals surface area (Å²) in [5.74, 6) is 1.24. The van der Waals surface area contributed by atoms with Crippen molar-refractivity contribution in [3.8, 4) is 11.5 Å². The summed E-state index contributed by atoms with van der Waals surface area (Å²) in [6.07, 6.45) is 5.76. The van der Waals surface area contributed by atoms with E-state index in [9.17, 15) is 13.6 Å². The Morgan fingerprint density at radius 1 is 1.19 bits per heavy atom. The van der Waals surface area contributed by atoms with Crippen molar-refractivity contribution in [1.29, 1.82) is 0 Å². The average molecular weight is 439 g/mol. The number of methoxy groups -OCH3 is 1. The van der Waals surface area contributed by atoms with Crippen LogP contribution >= 0.6 is 0 Å². The zero-order valence-corrected chi connectivity index (χ0v) is 18.1. The maximum atomic E-state index is 12.8. The van der Waals surface area contributed by atoms with Gasteiger partial charge in [0.15, 0.2) is 5.96 Å². The Morgan fingerprint density at radius 3 is 2.68 bits per heavy atom. The van der Waals surface area contributed by atoms with Crippen molar-refractivity contribution in [2.24, 2.45) is 10.9 Å². The predicted octanol–water partition coefficient (Wildman–Crippen LogP) is 3.19. The molecule has 1 amide bonds. The van der Waals surface area contributed by atoms with Crippen LogP contribution in [0, 0.1) is 5.92 Å². The molecule has 1 aromatic rings. The number of nitrogens with zero attached hydrogens (tertiary/aromatic N) is 1. The molecule has 9 heteroatoms. The largest absolute Gasteiger partial charge is 0.497 e. The summed E-state index contributed by atoms with van der Waals surface area (Å²) < 4.78 is 35.3. The third-order valence-electron chi connectivity index (χ3n) is 5.55. The molecule has 3 rings (SSSR count). The van der Waals surface area contributed by atoms with Crippen LogP contribution in [0.5, 0.6) is 11.5 Å². The van der Waals surface area contributed by atoms with E-state index in [1.54, 1.807) is 12.1 Å². The Bertz CT molecular complexity index is 771. The van der Waals surface area contributed by atoms with Crippen molar-refractivity contribution in [2.75, 3.05) is 13.7 Å². The van der Waals surface area contributed by atoms with Crippen LogP contribution in [-0.2, 0) is 11.3 Å². The fourth-order valence-electron chi connectivity index (χ4n) is 3.78. The molecule has 7 nitrogen and oxygen atoms in total. The zero-order valence-electron chi connectivity index (χ0n) is 18.1. The lowest BCUT2D eigenvalue weighted by atomic mass is 9.85. The molecule has 2 saturated carbocycles. The molecule has 31 heavy (non-hydrogen) atoms. The number of carbonyl (C=O) groups excluding carboxylic acids is 1. The van der Waals surface area contributed by atoms with Gasteiger partial charge < -0.3 is 25.4 Å². The monoisotopic (exact) mass is 438 g/mol. The number of halogens is 2. The highest BCUT2D eigenvalue weighted by Gasteiger charge is 2.31. The number of nitrogens with one attached hydrogen (secondary N) is 3. The molecule has 2 aliphatic carbocycles. The Labute approximate surface area is 182 Å². The lowest BCUT2D eigenvalue weighted by Gasteiger charge is -2.30. The van der Waals surface area contributed by atoms with Gasteiger partial charge in [0.2, 0.25) is 5.91 Å². The Balaban J connectivity index is 1.63. The minimum absolute atomic E-state index is 0.0161. The Hall–Kier alpha value is -2.58. The molecule has 0 aliphatic heterocycles. The second kappa shape index (κ2) is 11.2. The Morgan fingerprint density at radius 2 is 2.00 bits per heavy atom. The van der Waals surface area contributed by atoms with Crippen LogP contribution < -0.4 is 25.4 Å². The first-order chi connectivity index (χ1) is 15.0.